The lowest BCUT2D eigenvalue weighted by molar-refractivity contribution is 0.0232. The number of allylic oxidation sites excluding steroid dienone is 4. The van der Waals surface area contributed by atoms with Gasteiger partial charge in [0.2, 0.25) is 0 Å². The Hall–Kier alpha value is -0.810. The molecule has 4 heteroatoms. The average Bonchev–Trinajstić information content (AvgIpc) is 3.15. The molecule has 0 amide bonds. The Morgan fingerprint density at radius 2 is 2.00 bits per heavy atom. The summed E-state index contributed by atoms with van der Waals surface area (Å²) in [7, 11) is 0. The van der Waals surface area contributed by atoms with E-state index in [0.717, 1.165) is 55.4 Å². The molecule has 0 aromatic carbocycles. The molecule has 3 nitrogen and oxygen atoms in total. The van der Waals surface area contributed by atoms with Gasteiger partial charge in [-0.05, 0) is 92.9 Å². The predicted molar refractivity (Wildman–Crippen MR) is 141 cm³/mol. The second-order valence-corrected chi connectivity index (χ2v) is 12.3. The minimum absolute atomic E-state index is 0.227. The Kier molecular flexibility index (Phi) is 9.16. The lowest BCUT2D eigenvalue weighted by Crippen LogP contribution is -2.33. The third-order valence-electron chi connectivity index (χ3n) is 8.78. The van der Waals surface area contributed by atoms with Gasteiger partial charge >= 0.3 is 0 Å². The fourth-order valence-corrected chi connectivity index (χ4v) is 7.51. The molecule has 3 aliphatic rings. The van der Waals surface area contributed by atoms with E-state index in [2.05, 4.69) is 52.5 Å². The van der Waals surface area contributed by atoms with Crippen LogP contribution in [0.1, 0.15) is 91.9 Å². The standard InChI is InChI=1S/C29H46O3S/c1-6-29(32,7-2)16-9-17-33-21(4)25-13-14-26-22(10-8-15-28(25,26)5)11-12-23-18-24(30)19-27(31)20(23)3/h11-13,21,24,26-27,30-32H,3,6-10,14-19H2,1-2,4-5H3/t21-,24-,26+,27+,28-/m1/s1. The third-order valence-corrected chi connectivity index (χ3v) is 10.1. The van der Waals surface area contributed by atoms with E-state index < -0.39 is 17.8 Å². The number of aliphatic hydroxyl groups is 3. The van der Waals surface area contributed by atoms with E-state index >= 15 is 0 Å². The normalized spacial score (nSPS) is 34.0. The summed E-state index contributed by atoms with van der Waals surface area (Å²) in [6.07, 6.45) is 15.1. The summed E-state index contributed by atoms with van der Waals surface area (Å²) in [6.45, 7) is 13.1. The zero-order valence-corrected chi connectivity index (χ0v) is 22.1. The van der Waals surface area contributed by atoms with Gasteiger partial charge in [0.05, 0.1) is 17.8 Å². The molecule has 0 aromatic heterocycles. The van der Waals surface area contributed by atoms with Gasteiger partial charge in [0.1, 0.15) is 0 Å². The van der Waals surface area contributed by atoms with E-state index in [9.17, 15) is 15.3 Å². The zero-order chi connectivity index (χ0) is 24.2. The fourth-order valence-electron chi connectivity index (χ4n) is 6.30. The minimum Gasteiger partial charge on any atom is -0.393 e. The van der Waals surface area contributed by atoms with Crippen LogP contribution >= 0.6 is 11.8 Å². The summed E-state index contributed by atoms with van der Waals surface area (Å²) in [6, 6.07) is 0. The maximum Gasteiger partial charge on any atom is 0.0811 e. The Bertz CT molecular complexity index is 791. The van der Waals surface area contributed by atoms with Crippen molar-refractivity contribution in [1.82, 2.24) is 0 Å². The molecule has 2 saturated carbocycles. The zero-order valence-electron chi connectivity index (χ0n) is 21.3. The molecule has 0 unspecified atom stereocenters. The molecule has 3 rings (SSSR count). The molecule has 2 fully saturated rings. The molecule has 186 valence electrons. The maximum atomic E-state index is 10.6. The topological polar surface area (TPSA) is 60.7 Å². The molecule has 3 aliphatic carbocycles. The van der Waals surface area contributed by atoms with E-state index in [1.165, 1.54) is 18.4 Å². The third kappa shape index (κ3) is 6.07. The quantitative estimate of drug-likeness (QED) is 0.264. The first-order valence-electron chi connectivity index (χ1n) is 13.1. The Labute approximate surface area is 206 Å². The Balaban J connectivity index is 1.63. The summed E-state index contributed by atoms with van der Waals surface area (Å²) < 4.78 is 0. The van der Waals surface area contributed by atoms with Gasteiger partial charge in [-0.3, -0.25) is 0 Å². The average molecular weight is 475 g/mol. The molecule has 0 aliphatic heterocycles. The van der Waals surface area contributed by atoms with Crippen molar-refractivity contribution in [3.8, 4) is 0 Å². The van der Waals surface area contributed by atoms with Crippen LogP contribution in [0, 0.1) is 11.3 Å². The number of aliphatic hydroxyl groups excluding tert-OH is 2. The summed E-state index contributed by atoms with van der Waals surface area (Å²) in [5.41, 5.74) is 4.63. The van der Waals surface area contributed by atoms with Crippen molar-refractivity contribution >= 4 is 11.8 Å². The van der Waals surface area contributed by atoms with E-state index in [4.69, 9.17) is 0 Å². The first-order valence-corrected chi connectivity index (χ1v) is 14.2. The van der Waals surface area contributed by atoms with Crippen molar-refractivity contribution in [3.63, 3.8) is 0 Å². The first-order chi connectivity index (χ1) is 15.6. The van der Waals surface area contributed by atoms with Crippen LogP contribution in [0.4, 0.5) is 0 Å². The number of hydrogen-bond donors (Lipinski definition) is 3. The van der Waals surface area contributed by atoms with Gasteiger partial charge in [-0.2, -0.15) is 11.8 Å². The maximum absolute atomic E-state index is 10.6. The van der Waals surface area contributed by atoms with Crippen molar-refractivity contribution in [3.05, 3.63) is 47.1 Å². The molecule has 0 radical (unpaired) electrons. The number of fused-ring (bicyclic) bond motifs is 1. The lowest BCUT2D eigenvalue weighted by Gasteiger charge is -2.42. The smallest absolute Gasteiger partial charge is 0.0811 e. The van der Waals surface area contributed by atoms with Crippen molar-refractivity contribution in [2.24, 2.45) is 11.3 Å². The molecule has 0 saturated heterocycles. The largest absolute Gasteiger partial charge is 0.393 e. The second-order valence-electron chi connectivity index (χ2n) is 10.8. The van der Waals surface area contributed by atoms with Crippen LogP contribution in [-0.4, -0.2) is 44.1 Å². The highest BCUT2D eigenvalue weighted by Gasteiger charge is 2.46. The van der Waals surface area contributed by atoms with E-state index in [1.54, 1.807) is 5.57 Å². The molecule has 5 atom stereocenters. The molecular formula is C29H46O3S. The van der Waals surface area contributed by atoms with Crippen LogP contribution in [0.15, 0.2) is 47.1 Å². The Morgan fingerprint density at radius 3 is 2.70 bits per heavy atom. The molecule has 0 bridgehead atoms. The van der Waals surface area contributed by atoms with Gasteiger partial charge in [0, 0.05) is 11.7 Å². The van der Waals surface area contributed by atoms with Gasteiger partial charge in [-0.1, -0.05) is 56.7 Å². The molecule has 33 heavy (non-hydrogen) atoms. The van der Waals surface area contributed by atoms with Crippen LogP contribution in [0.2, 0.25) is 0 Å². The van der Waals surface area contributed by atoms with Crippen LogP contribution in [0.3, 0.4) is 0 Å². The van der Waals surface area contributed by atoms with E-state index in [-0.39, 0.29) is 5.41 Å². The summed E-state index contributed by atoms with van der Waals surface area (Å²) in [5, 5.41) is 31.3. The number of thioether (sulfide) groups is 1. The van der Waals surface area contributed by atoms with Gasteiger partial charge in [-0.25, -0.2) is 0 Å². The van der Waals surface area contributed by atoms with Gasteiger partial charge in [-0.15, -0.1) is 0 Å². The predicted octanol–water partition coefficient (Wildman–Crippen LogP) is 6.50. The monoisotopic (exact) mass is 474 g/mol. The molecule has 0 aromatic rings. The SMILES string of the molecule is C=C1C(=CC=C2CCC[C@]3(C)C([C@@H](C)SCCCC(O)(CC)CC)=CC[C@@H]23)C[C@@H](O)C[C@@H]1O. The number of hydrogen-bond acceptors (Lipinski definition) is 4. The van der Waals surface area contributed by atoms with Crippen molar-refractivity contribution in [2.75, 3.05) is 5.75 Å². The van der Waals surface area contributed by atoms with Gasteiger partial charge in [0.15, 0.2) is 0 Å². The molecular weight excluding hydrogens is 428 g/mol. The molecule has 3 N–H and O–H groups in total. The number of rotatable bonds is 9. The van der Waals surface area contributed by atoms with Crippen LogP contribution in [-0.2, 0) is 0 Å². The van der Waals surface area contributed by atoms with Gasteiger partial charge < -0.3 is 15.3 Å². The Morgan fingerprint density at radius 1 is 1.27 bits per heavy atom. The van der Waals surface area contributed by atoms with Crippen LogP contribution in [0.5, 0.6) is 0 Å². The fraction of sp³-hybridized carbons (Fsp3) is 0.724. The highest BCUT2D eigenvalue weighted by Crippen LogP contribution is 2.56. The molecule has 0 heterocycles. The lowest BCUT2D eigenvalue weighted by atomic mass is 9.64. The molecule has 0 spiro atoms. The van der Waals surface area contributed by atoms with E-state index in [1.807, 2.05) is 11.8 Å². The second kappa shape index (κ2) is 11.3. The van der Waals surface area contributed by atoms with E-state index in [0.29, 0.717) is 24.0 Å². The minimum atomic E-state index is -0.627. The summed E-state index contributed by atoms with van der Waals surface area (Å²) >= 11 is 2.05. The van der Waals surface area contributed by atoms with Crippen LogP contribution < -0.4 is 0 Å². The van der Waals surface area contributed by atoms with Crippen molar-refractivity contribution in [2.45, 2.75) is 115 Å². The van der Waals surface area contributed by atoms with Gasteiger partial charge in [0.25, 0.3) is 0 Å². The van der Waals surface area contributed by atoms with Crippen molar-refractivity contribution < 1.29 is 15.3 Å². The first kappa shape index (κ1) is 26.8. The van der Waals surface area contributed by atoms with Crippen LogP contribution in [0.25, 0.3) is 0 Å². The van der Waals surface area contributed by atoms with Crippen molar-refractivity contribution in [1.29, 1.82) is 0 Å². The summed E-state index contributed by atoms with van der Waals surface area (Å²) in [5.74, 6) is 1.65. The highest BCUT2D eigenvalue weighted by molar-refractivity contribution is 8.00. The summed E-state index contributed by atoms with van der Waals surface area (Å²) in [4.78, 5) is 0. The highest BCUT2D eigenvalue weighted by atomic mass is 32.2.